The van der Waals surface area contributed by atoms with Crippen LogP contribution in [0.5, 0.6) is 0 Å². The van der Waals surface area contributed by atoms with E-state index in [0.29, 0.717) is 16.9 Å². The van der Waals surface area contributed by atoms with Crippen molar-refractivity contribution in [2.75, 3.05) is 6.79 Å². The topological polar surface area (TPSA) is 52.6 Å². The number of halogens is 1. The van der Waals surface area contributed by atoms with Crippen molar-refractivity contribution >= 4 is 11.6 Å². The molecule has 1 aromatic rings. The highest BCUT2D eigenvalue weighted by Crippen LogP contribution is 2.19. The Labute approximate surface area is 133 Å². The molecule has 1 aliphatic heterocycles. The van der Waals surface area contributed by atoms with Crippen molar-refractivity contribution in [1.82, 2.24) is 0 Å². The first-order valence-electron chi connectivity index (χ1n) is 6.98. The Balaban J connectivity index is 1.95. The third kappa shape index (κ3) is 4.30. The van der Waals surface area contributed by atoms with Gasteiger partial charge in [-0.25, -0.2) is 4.39 Å². The molecule has 118 valence electrons. The molecule has 4 nitrogen and oxygen atoms in total. The zero-order chi connectivity index (χ0) is 16.8. The second-order valence-electron chi connectivity index (χ2n) is 4.92. The molecule has 0 saturated carbocycles. The number of allylic oxidation sites excluding steroid dienone is 3. The average Bonchev–Trinajstić information content (AvgIpc) is 3.00. The predicted molar refractivity (Wildman–Crippen MR) is 81.6 cm³/mol. The van der Waals surface area contributed by atoms with Crippen LogP contribution >= 0.6 is 0 Å². The van der Waals surface area contributed by atoms with E-state index in [-0.39, 0.29) is 37.0 Å². The van der Waals surface area contributed by atoms with Crippen LogP contribution in [0.15, 0.2) is 47.4 Å². The Bertz CT molecular complexity index is 720. The molecule has 0 radical (unpaired) electrons. The van der Waals surface area contributed by atoms with Gasteiger partial charge in [-0.15, -0.1) is 6.42 Å². The first kappa shape index (κ1) is 16.5. The van der Waals surface area contributed by atoms with Gasteiger partial charge in [0.15, 0.2) is 17.3 Å². The summed E-state index contributed by atoms with van der Waals surface area (Å²) < 4.78 is 23.0. The van der Waals surface area contributed by atoms with E-state index in [1.54, 1.807) is 6.92 Å². The molecule has 0 amide bonds. The van der Waals surface area contributed by atoms with Crippen molar-refractivity contribution in [1.29, 1.82) is 0 Å². The molecule has 1 aromatic carbocycles. The minimum Gasteiger partial charge on any atom is -0.453 e. The quantitative estimate of drug-likeness (QED) is 0.460. The van der Waals surface area contributed by atoms with Gasteiger partial charge in [-0.3, -0.25) is 9.59 Å². The van der Waals surface area contributed by atoms with Crippen molar-refractivity contribution in [2.24, 2.45) is 0 Å². The molecule has 0 saturated heterocycles. The molecule has 1 heterocycles. The van der Waals surface area contributed by atoms with Crippen LogP contribution in [-0.4, -0.2) is 18.4 Å². The highest BCUT2D eigenvalue weighted by Gasteiger charge is 2.16. The summed E-state index contributed by atoms with van der Waals surface area (Å²) in [5.74, 6) is 2.10. The lowest BCUT2D eigenvalue weighted by molar-refractivity contribution is -0.115. The van der Waals surface area contributed by atoms with E-state index >= 15 is 0 Å². The molecule has 0 bridgehead atoms. The van der Waals surface area contributed by atoms with E-state index in [4.69, 9.17) is 15.9 Å². The fourth-order valence-electron chi connectivity index (χ4n) is 1.99. The van der Waals surface area contributed by atoms with Gasteiger partial charge in [0.05, 0.1) is 0 Å². The van der Waals surface area contributed by atoms with Gasteiger partial charge in [0.25, 0.3) is 0 Å². The highest BCUT2D eigenvalue weighted by molar-refractivity contribution is 6.01. The van der Waals surface area contributed by atoms with Gasteiger partial charge in [-0.1, -0.05) is 0 Å². The molecule has 0 unspecified atom stereocenters. The monoisotopic (exact) mass is 314 g/mol. The van der Waals surface area contributed by atoms with Crippen LogP contribution in [0.25, 0.3) is 0 Å². The van der Waals surface area contributed by atoms with Gasteiger partial charge in [0.2, 0.25) is 12.6 Å². The largest absolute Gasteiger partial charge is 0.453 e. The minimum atomic E-state index is -0.409. The molecule has 23 heavy (non-hydrogen) atoms. The maximum atomic E-state index is 12.8. The van der Waals surface area contributed by atoms with Gasteiger partial charge in [-0.2, -0.15) is 0 Å². The fourth-order valence-corrected chi connectivity index (χ4v) is 1.99. The number of ether oxygens (including phenoxy) is 2. The average molecular weight is 314 g/mol. The van der Waals surface area contributed by atoms with Crippen molar-refractivity contribution in [3.8, 4) is 12.3 Å². The third-order valence-corrected chi connectivity index (χ3v) is 3.31. The number of ketones is 2. The normalized spacial score (nSPS) is 14.0. The summed E-state index contributed by atoms with van der Waals surface area (Å²) in [7, 11) is 0. The maximum Gasteiger partial charge on any atom is 0.232 e. The predicted octanol–water partition coefficient (Wildman–Crippen LogP) is 3.15. The molecule has 5 heteroatoms. The summed E-state index contributed by atoms with van der Waals surface area (Å²) in [4.78, 5) is 24.0. The molecule has 1 aliphatic rings. The number of terminal acetylenes is 1. The summed E-state index contributed by atoms with van der Waals surface area (Å²) in [6, 6.07) is 5.23. The Hall–Kier alpha value is -2.87. The number of carbonyl (C=O) groups excluding carboxylic acids is 2. The Morgan fingerprint density at radius 3 is 2.61 bits per heavy atom. The van der Waals surface area contributed by atoms with E-state index in [2.05, 4.69) is 5.92 Å². The summed E-state index contributed by atoms with van der Waals surface area (Å²) >= 11 is 0. The molecular formula is C18H15FO4. The molecule has 0 N–H and O–H groups in total. The van der Waals surface area contributed by atoms with E-state index in [9.17, 15) is 14.0 Å². The van der Waals surface area contributed by atoms with Crippen LogP contribution in [0, 0.1) is 18.2 Å². The van der Waals surface area contributed by atoms with Crippen molar-refractivity contribution in [3.63, 3.8) is 0 Å². The summed E-state index contributed by atoms with van der Waals surface area (Å²) in [5.41, 5.74) is 0.802. The molecule has 0 aromatic heterocycles. The lowest BCUT2D eigenvalue weighted by Crippen LogP contribution is -2.06. The standard InChI is InChI=1S/C18H15FO4/c1-3-17-18(23-11-22-17)10-12(2)15(20)8-9-16(21)13-4-6-14(19)7-5-13/h1,4-7,10H,8-9,11H2,2H3/b12-10+. The van der Waals surface area contributed by atoms with Crippen LogP contribution in [0.3, 0.4) is 0 Å². The first-order valence-corrected chi connectivity index (χ1v) is 6.98. The SMILES string of the molecule is C#CC1=C(/C=C(\C)C(=O)CCC(=O)c2ccc(F)cc2)OCO1. The van der Waals surface area contributed by atoms with Crippen LogP contribution in [0.4, 0.5) is 4.39 Å². The van der Waals surface area contributed by atoms with E-state index < -0.39 is 5.82 Å². The van der Waals surface area contributed by atoms with E-state index in [1.165, 1.54) is 30.3 Å². The summed E-state index contributed by atoms with van der Waals surface area (Å²) in [6.07, 6.45) is 6.86. The number of hydrogen-bond acceptors (Lipinski definition) is 4. The van der Waals surface area contributed by atoms with Crippen LogP contribution < -0.4 is 0 Å². The fraction of sp³-hybridized carbons (Fsp3) is 0.222. The second kappa shape index (κ2) is 7.41. The lowest BCUT2D eigenvalue weighted by Gasteiger charge is -2.02. The second-order valence-corrected chi connectivity index (χ2v) is 4.92. The van der Waals surface area contributed by atoms with Crippen molar-refractivity contribution < 1.29 is 23.5 Å². The Morgan fingerprint density at radius 1 is 1.26 bits per heavy atom. The van der Waals surface area contributed by atoms with Crippen LogP contribution in [0.2, 0.25) is 0 Å². The van der Waals surface area contributed by atoms with Gasteiger partial charge >= 0.3 is 0 Å². The number of Topliss-reactive ketones (excluding diaryl/α,β-unsaturated/α-hetero) is 2. The smallest absolute Gasteiger partial charge is 0.232 e. The third-order valence-electron chi connectivity index (χ3n) is 3.31. The zero-order valence-electron chi connectivity index (χ0n) is 12.6. The van der Waals surface area contributed by atoms with Crippen LogP contribution in [0.1, 0.15) is 30.1 Å². The molecule has 0 aliphatic carbocycles. The van der Waals surface area contributed by atoms with Gasteiger partial charge < -0.3 is 9.47 Å². The van der Waals surface area contributed by atoms with Crippen molar-refractivity contribution in [2.45, 2.75) is 19.8 Å². The molecule has 2 rings (SSSR count). The van der Waals surface area contributed by atoms with Gasteiger partial charge in [0, 0.05) is 18.4 Å². The summed E-state index contributed by atoms with van der Waals surface area (Å²) in [5, 5.41) is 0. The van der Waals surface area contributed by atoms with E-state index in [1.807, 2.05) is 0 Å². The first-order chi connectivity index (χ1) is 11.0. The van der Waals surface area contributed by atoms with E-state index in [0.717, 1.165) is 0 Å². The number of benzene rings is 1. The van der Waals surface area contributed by atoms with Gasteiger partial charge in [-0.05, 0) is 48.8 Å². The molecule has 0 spiro atoms. The van der Waals surface area contributed by atoms with Crippen molar-refractivity contribution in [3.05, 3.63) is 58.8 Å². The number of hydrogen-bond donors (Lipinski definition) is 0. The Morgan fingerprint density at radius 2 is 1.96 bits per heavy atom. The number of carbonyl (C=O) groups is 2. The highest BCUT2D eigenvalue weighted by atomic mass is 19.1. The molecule has 0 fully saturated rings. The molecular weight excluding hydrogens is 299 g/mol. The Kier molecular flexibility index (Phi) is 5.32. The molecule has 0 atom stereocenters. The van der Waals surface area contributed by atoms with Crippen LogP contribution in [-0.2, 0) is 14.3 Å². The zero-order valence-corrected chi connectivity index (χ0v) is 12.6. The minimum absolute atomic E-state index is 0.0237. The van der Waals surface area contributed by atoms with Gasteiger partial charge in [0.1, 0.15) is 5.82 Å². The summed E-state index contributed by atoms with van der Waals surface area (Å²) in [6.45, 7) is 1.64. The maximum absolute atomic E-state index is 12.8. The lowest BCUT2D eigenvalue weighted by atomic mass is 10.0. The number of rotatable bonds is 6.